The summed E-state index contributed by atoms with van der Waals surface area (Å²) in [5.41, 5.74) is 3.14. The number of ketones is 1. The molecule has 0 saturated heterocycles. The fourth-order valence-corrected chi connectivity index (χ4v) is 2.19. The van der Waals surface area contributed by atoms with Gasteiger partial charge >= 0.3 is 5.97 Å². The summed E-state index contributed by atoms with van der Waals surface area (Å²) in [5, 5.41) is 0. The summed E-state index contributed by atoms with van der Waals surface area (Å²) in [6.07, 6.45) is 0. The molecule has 0 bridgehead atoms. The lowest BCUT2D eigenvalue weighted by Gasteiger charge is -2.12. The average Bonchev–Trinajstić information content (AvgIpc) is 2.53. The van der Waals surface area contributed by atoms with Gasteiger partial charge in [-0.15, -0.1) is 0 Å². The van der Waals surface area contributed by atoms with Crippen LogP contribution in [-0.4, -0.2) is 18.9 Å². The van der Waals surface area contributed by atoms with Gasteiger partial charge in [-0.25, -0.2) is 4.79 Å². The van der Waals surface area contributed by atoms with Crippen molar-refractivity contribution in [1.29, 1.82) is 0 Å². The van der Waals surface area contributed by atoms with Gasteiger partial charge in [0.1, 0.15) is 12.4 Å². The van der Waals surface area contributed by atoms with Crippen molar-refractivity contribution >= 4 is 11.8 Å². The van der Waals surface area contributed by atoms with Crippen molar-refractivity contribution < 1.29 is 19.1 Å². The number of hydrogen-bond acceptors (Lipinski definition) is 4. The Bertz CT molecular complexity index is 704. The molecule has 0 fully saturated rings. The van der Waals surface area contributed by atoms with Crippen LogP contribution < -0.4 is 4.74 Å². The molecule has 0 amide bonds. The zero-order valence-electron chi connectivity index (χ0n) is 12.9. The molecule has 4 nitrogen and oxygen atoms in total. The Hall–Kier alpha value is -2.62. The molecule has 0 aromatic heterocycles. The first-order valence-corrected chi connectivity index (χ1v) is 6.93. The lowest BCUT2D eigenvalue weighted by molar-refractivity contribution is -0.135. The van der Waals surface area contributed by atoms with E-state index in [0.717, 1.165) is 16.9 Å². The van der Waals surface area contributed by atoms with Crippen LogP contribution in [0.3, 0.4) is 0 Å². The van der Waals surface area contributed by atoms with Gasteiger partial charge in [0.25, 0.3) is 5.78 Å². The summed E-state index contributed by atoms with van der Waals surface area (Å²) in [4.78, 5) is 23.4. The van der Waals surface area contributed by atoms with Gasteiger partial charge in [0.05, 0.1) is 7.11 Å². The summed E-state index contributed by atoms with van der Waals surface area (Å²) in [5.74, 6) is -0.785. The molecule has 0 N–H and O–H groups in total. The fourth-order valence-electron chi connectivity index (χ4n) is 2.19. The van der Waals surface area contributed by atoms with Crippen LogP contribution in [0.5, 0.6) is 5.75 Å². The van der Waals surface area contributed by atoms with Crippen LogP contribution in [0.15, 0.2) is 42.5 Å². The van der Waals surface area contributed by atoms with Crippen molar-refractivity contribution in [3.8, 4) is 5.75 Å². The third kappa shape index (κ3) is 3.52. The predicted molar refractivity (Wildman–Crippen MR) is 83.0 cm³/mol. The maximum Gasteiger partial charge on any atom is 0.379 e. The minimum Gasteiger partial charge on any atom is -0.489 e. The van der Waals surface area contributed by atoms with Crippen molar-refractivity contribution in [1.82, 2.24) is 0 Å². The molecular weight excluding hydrogens is 280 g/mol. The third-order valence-corrected chi connectivity index (χ3v) is 3.35. The lowest BCUT2D eigenvalue weighted by atomic mass is 10.0. The van der Waals surface area contributed by atoms with E-state index >= 15 is 0 Å². The number of carbonyl (C=O) groups excluding carboxylic acids is 2. The van der Waals surface area contributed by atoms with Gasteiger partial charge in [0, 0.05) is 11.1 Å². The van der Waals surface area contributed by atoms with E-state index in [1.165, 1.54) is 7.11 Å². The number of benzene rings is 2. The fraction of sp³-hybridized carbons (Fsp3) is 0.222. The van der Waals surface area contributed by atoms with Crippen molar-refractivity contribution in [2.75, 3.05) is 7.11 Å². The Morgan fingerprint density at radius 1 is 1.05 bits per heavy atom. The van der Waals surface area contributed by atoms with Gasteiger partial charge in [-0.3, -0.25) is 4.79 Å². The number of hydrogen-bond donors (Lipinski definition) is 0. The molecule has 2 rings (SSSR count). The monoisotopic (exact) mass is 298 g/mol. The number of ether oxygens (including phenoxy) is 2. The van der Waals surface area contributed by atoms with Gasteiger partial charge in [0.2, 0.25) is 0 Å². The molecule has 0 atom stereocenters. The summed E-state index contributed by atoms with van der Waals surface area (Å²) < 4.78 is 10.3. The Kier molecular flexibility index (Phi) is 4.94. The molecule has 0 radical (unpaired) electrons. The first-order chi connectivity index (χ1) is 10.5. The van der Waals surface area contributed by atoms with E-state index in [1.54, 1.807) is 24.3 Å². The second-order valence-corrected chi connectivity index (χ2v) is 5.04. The third-order valence-electron chi connectivity index (χ3n) is 3.35. The largest absolute Gasteiger partial charge is 0.489 e. The molecule has 2 aromatic rings. The van der Waals surface area contributed by atoms with Gasteiger partial charge in [0.15, 0.2) is 0 Å². The Morgan fingerprint density at radius 3 is 2.45 bits per heavy atom. The minimum absolute atomic E-state index is 0.211. The van der Waals surface area contributed by atoms with Crippen LogP contribution in [0, 0.1) is 13.8 Å². The molecular formula is C18H18O4. The molecule has 0 aliphatic carbocycles. The number of carbonyl (C=O) groups is 2. The molecule has 0 saturated carbocycles. The van der Waals surface area contributed by atoms with Crippen LogP contribution >= 0.6 is 0 Å². The smallest absolute Gasteiger partial charge is 0.379 e. The lowest BCUT2D eigenvalue weighted by Crippen LogP contribution is -2.18. The standard InChI is InChI=1S/C18H18O4/c1-12-8-9-16(13(2)10-12)22-11-14-6-4-5-7-15(14)17(19)18(20)21-3/h4-10H,11H2,1-3H3. The van der Waals surface area contributed by atoms with Crippen molar-refractivity contribution in [2.24, 2.45) is 0 Å². The van der Waals surface area contributed by atoms with Crippen LogP contribution in [0.2, 0.25) is 0 Å². The van der Waals surface area contributed by atoms with E-state index in [9.17, 15) is 9.59 Å². The SMILES string of the molecule is COC(=O)C(=O)c1ccccc1COc1ccc(C)cc1C. The summed E-state index contributed by atoms with van der Waals surface area (Å²) in [7, 11) is 1.19. The number of esters is 1. The molecule has 0 heterocycles. The second-order valence-electron chi connectivity index (χ2n) is 5.04. The Labute approximate surface area is 129 Å². The second kappa shape index (κ2) is 6.89. The highest BCUT2D eigenvalue weighted by molar-refractivity contribution is 6.40. The van der Waals surface area contributed by atoms with Crippen molar-refractivity contribution in [3.05, 3.63) is 64.7 Å². The van der Waals surface area contributed by atoms with E-state index in [1.807, 2.05) is 32.0 Å². The predicted octanol–water partition coefficient (Wildman–Crippen LogP) is 3.24. The highest BCUT2D eigenvalue weighted by Gasteiger charge is 2.19. The minimum atomic E-state index is -0.876. The van der Waals surface area contributed by atoms with Crippen LogP contribution in [0.4, 0.5) is 0 Å². The van der Waals surface area contributed by atoms with Crippen molar-refractivity contribution in [2.45, 2.75) is 20.5 Å². The average molecular weight is 298 g/mol. The van der Waals surface area contributed by atoms with Gasteiger partial charge in [-0.1, -0.05) is 42.0 Å². The van der Waals surface area contributed by atoms with E-state index in [4.69, 9.17) is 4.74 Å². The van der Waals surface area contributed by atoms with E-state index in [0.29, 0.717) is 11.1 Å². The molecule has 114 valence electrons. The van der Waals surface area contributed by atoms with E-state index in [2.05, 4.69) is 4.74 Å². The van der Waals surface area contributed by atoms with Crippen LogP contribution in [-0.2, 0) is 16.1 Å². The molecule has 0 unspecified atom stereocenters. The Balaban J connectivity index is 2.20. The zero-order valence-corrected chi connectivity index (χ0v) is 12.9. The van der Waals surface area contributed by atoms with E-state index < -0.39 is 11.8 Å². The zero-order chi connectivity index (χ0) is 16.1. The van der Waals surface area contributed by atoms with Gasteiger partial charge in [-0.05, 0) is 25.5 Å². The highest BCUT2D eigenvalue weighted by Crippen LogP contribution is 2.21. The molecule has 22 heavy (non-hydrogen) atoms. The molecule has 0 aliphatic rings. The molecule has 0 aliphatic heterocycles. The van der Waals surface area contributed by atoms with Crippen molar-refractivity contribution in [3.63, 3.8) is 0 Å². The normalized spacial score (nSPS) is 10.1. The number of aryl methyl sites for hydroxylation is 2. The van der Waals surface area contributed by atoms with Gasteiger partial charge < -0.3 is 9.47 Å². The summed E-state index contributed by atoms with van der Waals surface area (Å²) in [6, 6.07) is 12.8. The number of Topliss-reactive ketones (excluding diaryl/α,β-unsaturated/α-hetero) is 1. The topological polar surface area (TPSA) is 52.6 Å². The van der Waals surface area contributed by atoms with Gasteiger partial charge in [-0.2, -0.15) is 0 Å². The molecule has 2 aromatic carbocycles. The van der Waals surface area contributed by atoms with E-state index in [-0.39, 0.29) is 6.61 Å². The quantitative estimate of drug-likeness (QED) is 0.483. The Morgan fingerprint density at radius 2 is 1.77 bits per heavy atom. The van der Waals surface area contributed by atoms with Crippen LogP contribution in [0.1, 0.15) is 27.0 Å². The first kappa shape index (κ1) is 15.8. The molecule has 4 heteroatoms. The van der Waals surface area contributed by atoms with Crippen LogP contribution in [0.25, 0.3) is 0 Å². The maximum atomic E-state index is 12.0. The highest BCUT2D eigenvalue weighted by atomic mass is 16.5. The summed E-state index contributed by atoms with van der Waals surface area (Å²) in [6.45, 7) is 4.19. The molecule has 0 spiro atoms. The summed E-state index contributed by atoms with van der Waals surface area (Å²) >= 11 is 0. The maximum absolute atomic E-state index is 12.0. The first-order valence-electron chi connectivity index (χ1n) is 6.93. The number of methoxy groups -OCH3 is 1. The number of rotatable bonds is 5.